The Morgan fingerprint density at radius 2 is 1.67 bits per heavy atom. The van der Waals surface area contributed by atoms with Crippen LogP contribution in [0.3, 0.4) is 0 Å². The van der Waals surface area contributed by atoms with E-state index < -0.39 is 0 Å². The molecule has 1 heterocycles. The van der Waals surface area contributed by atoms with Crippen LogP contribution in [0.1, 0.15) is 33.6 Å². The van der Waals surface area contributed by atoms with Crippen molar-refractivity contribution in [2.24, 2.45) is 5.92 Å². The molecule has 12 heavy (non-hydrogen) atoms. The van der Waals surface area contributed by atoms with Gasteiger partial charge in [-0.1, -0.05) is 0 Å². The first-order valence-electron chi connectivity index (χ1n) is 5.02. The van der Waals surface area contributed by atoms with E-state index in [0.717, 1.165) is 19.0 Å². The molecule has 2 N–H and O–H groups in total. The predicted octanol–water partition coefficient (Wildman–Crippen LogP) is 1.13. The van der Waals surface area contributed by atoms with E-state index in [1.807, 2.05) is 0 Å². The minimum absolute atomic E-state index is 0.286. The van der Waals surface area contributed by atoms with Crippen molar-refractivity contribution in [3.05, 3.63) is 0 Å². The molecule has 70 valence electrons. The highest BCUT2D eigenvalue weighted by Crippen LogP contribution is 2.40. The second-order valence-electron chi connectivity index (χ2n) is 5.28. The quantitative estimate of drug-likeness (QED) is 0.613. The Morgan fingerprint density at radius 3 is 2.08 bits per heavy atom. The standard InChI is InChI=1S/C10H20N2/c1-9(2)6-12-10(3,7-11-9)8-4-5-8/h8,11-12H,4-7H2,1-3H3. The fourth-order valence-electron chi connectivity index (χ4n) is 1.98. The second-order valence-corrected chi connectivity index (χ2v) is 5.28. The van der Waals surface area contributed by atoms with Gasteiger partial charge in [-0.2, -0.15) is 0 Å². The van der Waals surface area contributed by atoms with Gasteiger partial charge in [0.1, 0.15) is 0 Å². The fraction of sp³-hybridized carbons (Fsp3) is 1.00. The van der Waals surface area contributed by atoms with Gasteiger partial charge in [0, 0.05) is 24.2 Å². The van der Waals surface area contributed by atoms with Gasteiger partial charge in [-0.05, 0) is 39.5 Å². The van der Waals surface area contributed by atoms with Crippen molar-refractivity contribution in [3.8, 4) is 0 Å². The smallest absolute Gasteiger partial charge is 0.0307 e. The van der Waals surface area contributed by atoms with Gasteiger partial charge in [0.15, 0.2) is 0 Å². The first-order valence-corrected chi connectivity index (χ1v) is 5.02. The zero-order valence-electron chi connectivity index (χ0n) is 8.41. The van der Waals surface area contributed by atoms with Gasteiger partial charge in [0.25, 0.3) is 0 Å². The Morgan fingerprint density at radius 1 is 1.00 bits per heavy atom. The lowest BCUT2D eigenvalue weighted by Gasteiger charge is -2.44. The van der Waals surface area contributed by atoms with E-state index in [-0.39, 0.29) is 5.54 Å². The van der Waals surface area contributed by atoms with Crippen molar-refractivity contribution in [3.63, 3.8) is 0 Å². The molecule has 1 saturated carbocycles. The molecule has 0 spiro atoms. The van der Waals surface area contributed by atoms with E-state index in [1.165, 1.54) is 12.8 Å². The molecule has 0 aromatic heterocycles. The molecule has 0 aromatic carbocycles. The van der Waals surface area contributed by atoms with Crippen molar-refractivity contribution in [1.29, 1.82) is 0 Å². The Balaban J connectivity index is 1.96. The molecule has 0 radical (unpaired) electrons. The van der Waals surface area contributed by atoms with E-state index in [4.69, 9.17) is 0 Å². The zero-order valence-corrected chi connectivity index (χ0v) is 8.41. The molecule has 0 bridgehead atoms. The van der Waals surface area contributed by atoms with Crippen LogP contribution in [0.25, 0.3) is 0 Å². The summed E-state index contributed by atoms with van der Waals surface area (Å²) in [7, 11) is 0. The molecule has 1 unspecified atom stereocenters. The van der Waals surface area contributed by atoms with Gasteiger partial charge in [0.05, 0.1) is 0 Å². The molecule has 2 rings (SSSR count). The molecule has 2 fully saturated rings. The minimum atomic E-state index is 0.286. The van der Waals surface area contributed by atoms with Crippen LogP contribution in [0, 0.1) is 5.92 Å². The van der Waals surface area contributed by atoms with Crippen molar-refractivity contribution < 1.29 is 0 Å². The van der Waals surface area contributed by atoms with Gasteiger partial charge in [0.2, 0.25) is 0 Å². The third-order valence-electron chi connectivity index (χ3n) is 3.35. The largest absolute Gasteiger partial charge is 0.309 e. The lowest BCUT2D eigenvalue weighted by molar-refractivity contribution is 0.183. The van der Waals surface area contributed by atoms with E-state index in [2.05, 4.69) is 31.4 Å². The Labute approximate surface area is 75.1 Å². The molecule has 0 aromatic rings. The maximum Gasteiger partial charge on any atom is 0.0307 e. The highest BCUT2D eigenvalue weighted by Gasteiger charge is 2.44. The van der Waals surface area contributed by atoms with Crippen LogP contribution in [0.15, 0.2) is 0 Å². The van der Waals surface area contributed by atoms with Crippen LogP contribution in [0.2, 0.25) is 0 Å². The molecule has 1 atom stereocenters. The third-order valence-corrected chi connectivity index (χ3v) is 3.35. The summed E-state index contributed by atoms with van der Waals surface area (Å²) in [4.78, 5) is 0. The van der Waals surface area contributed by atoms with Crippen molar-refractivity contribution in [2.45, 2.75) is 44.7 Å². The van der Waals surface area contributed by atoms with Crippen molar-refractivity contribution in [1.82, 2.24) is 10.6 Å². The molecule has 1 saturated heterocycles. The molecular weight excluding hydrogens is 148 g/mol. The number of rotatable bonds is 1. The molecule has 2 aliphatic rings. The number of hydrogen-bond donors (Lipinski definition) is 2. The summed E-state index contributed by atoms with van der Waals surface area (Å²) in [5.41, 5.74) is 0.671. The predicted molar refractivity (Wildman–Crippen MR) is 51.2 cm³/mol. The SMILES string of the molecule is CC1(C)CNC(C)(C2CC2)CN1. The average Bonchev–Trinajstić information content (AvgIpc) is 2.78. The first kappa shape index (κ1) is 8.52. The maximum absolute atomic E-state index is 3.69. The van der Waals surface area contributed by atoms with Gasteiger partial charge in [-0.15, -0.1) is 0 Å². The summed E-state index contributed by atoms with van der Waals surface area (Å²) in [6, 6.07) is 0. The Bertz CT molecular complexity index is 172. The fourth-order valence-corrected chi connectivity index (χ4v) is 1.98. The van der Waals surface area contributed by atoms with Gasteiger partial charge in [-0.25, -0.2) is 0 Å². The lowest BCUT2D eigenvalue weighted by Crippen LogP contribution is -2.66. The summed E-state index contributed by atoms with van der Waals surface area (Å²) >= 11 is 0. The van der Waals surface area contributed by atoms with Crippen LogP contribution in [0.4, 0.5) is 0 Å². The first-order chi connectivity index (χ1) is 5.52. The average molecular weight is 168 g/mol. The van der Waals surface area contributed by atoms with Gasteiger partial charge >= 0.3 is 0 Å². The highest BCUT2D eigenvalue weighted by atomic mass is 15.2. The summed E-state index contributed by atoms with van der Waals surface area (Å²) in [5, 5.41) is 7.29. The van der Waals surface area contributed by atoms with Crippen LogP contribution < -0.4 is 10.6 Å². The molecular formula is C10H20N2. The zero-order chi connectivity index (χ0) is 8.82. The third kappa shape index (κ3) is 1.50. The van der Waals surface area contributed by atoms with Crippen LogP contribution in [-0.2, 0) is 0 Å². The molecule has 1 aliphatic carbocycles. The molecule has 0 amide bonds. The highest BCUT2D eigenvalue weighted by molar-refractivity contribution is 5.05. The second kappa shape index (κ2) is 2.46. The molecule has 1 aliphatic heterocycles. The van der Waals surface area contributed by atoms with E-state index in [1.54, 1.807) is 0 Å². The number of piperazine rings is 1. The van der Waals surface area contributed by atoms with E-state index >= 15 is 0 Å². The van der Waals surface area contributed by atoms with Crippen molar-refractivity contribution >= 4 is 0 Å². The Kier molecular flexibility index (Phi) is 1.74. The molecule has 2 nitrogen and oxygen atoms in total. The summed E-state index contributed by atoms with van der Waals surface area (Å²) in [6.07, 6.45) is 2.84. The number of nitrogens with one attached hydrogen (secondary N) is 2. The topological polar surface area (TPSA) is 24.1 Å². The van der Waals surface area contributed by atoms with Crippen molar-refractivity contribution in [2.75, 3.05) is 13.1 Å². The molecule has 2 heteroatoms. The summed E-state index contributed by atoms with van der Waals surface area (Å²) in [5.74, 6) is 0.932. The van der Waals surface area contributed by atoms with Gasteiger partial charge in [-0.3, -0.25) is 0 Å². The monoisotopic (exact) mass is 168 g/mol. The van der Waals surface area contributed by atoms with Crippen LogP contribution in [-0.4, -0.2) is 24.2 Å². The lowest BCUT2D eigenvalue weighted by atomic mass is 9.89. The Hall–Kier alpha value is -0.0800. The van der Waals surface area contributed by atoms with Crippen LogP contribution in [0.5, 0.6) is 0 Å². The van der Waals surface area contributed by atoms with E-state index in [0.29, 0.717) is 5.54 Å². The maximum atomic E-state index is 3.69. The van der Waals surface area contributed by atoms with E-state index in [9.17, 15) is 0 Å². The summed E-state index contributed by atoms with van der Waals surface area (Å²) in [6.45, 7) is 9.09. The summed E-state index contributed by atoms with van der Waals surface area (Å²) < 4.78 is 0. The van der Waals surface area contributed by atoms with Crippen LogP contribution >= 0.6 is 0 Å². The number of hydrogen-bond acceptors (Lipinski definition) is 2. The van der Waals surface area contributed by atoms with Gasteiger partial charge < -0.3 is 10.6 Å². The normalized spacial score (nSPS) is 41.2. The minimum Gasteiger partial charge on any atom is -0.309 e.